The monoisotopic (exact) mass is 484 g/mol. The highest BCUT2D eigenvalue weighted by Crippen LogP contribution is 2.43. The van der Waals surface area contributed by atoms with Gasteiger partial charge in [0, 0.05) is 16.7 Å². The molecule has 4 aromatic rings. The van der Waals surface area contributed by atoms with E-state index in [0.29, 0.717) is 33.1 Å². The molecule has 0 saturated heterocycles. The van der Waals surface area contributed by atoms with Crippen LogP contribution in [0.15, 0.2) is 81.0 Å². The van der Waals surface area contributed by atoms with Crippen molar-refractivity contribution in [3.63, 3.8) is 0 Å². The first-order chi connectivity index (χ1) is 15.7. The zero-order chi connectivity index (χ0) is 23.4. The number of hydrogen-bond acceptors (Lipinski definition) is 7. The third-order valence-electron chi connectivity index (χ3n) is 5.81. The molecule has 0 spiro atoms. The molecule has 33 heavy (non-hydrogen) atoms. The van der Waals surface area contributed by atoms with Crippen LogP contribution in [-0.4, -0.2) is 30.4 Å². The van der Waals surface area contributed by atoms with Crippen molar-refractivity contribution < 1.29 is 22.8 Å². The molecule has 0 saturated carbocycles. The number of rotatable bonds is 4. The molecule has 9 heteroatoms. The number of fused-ring (bicyclic) bond motifs is 2. The van der Waals surface area contributed by atoms with E-state index in [1.807, 2.05) is 0 Å². The predicted molar refractivity (Wildman–Crippen MR) is 124 cm³/mol. The van der Waals surface area contributed by atoms with Gasteiger partial charge in [-0.05, 0) is 56.3 Å². The molecule has 1 aliphatic heterocycles. The van der Waals surface area contributed by atoms with Crippen LogP contribution in [0, 0.1) is 0 Å². The number of anilines is 1. The van der Waals surface area contributed by atoms with Crippen LogP contribution in [-0.2, 0) is 9.84 Å². The summed E-state index contributed by atoms with van der Waals surface area (Å²) in [7, 11) is -3.76. The van der Waals surface area contributed by atoms with Crippen LogP contribution in [0.3, 0.4) is 0 Å². The van der Waals surface area contributed by atoms with Gasteiger partial charge in [-0.2, -0.15) is 0 Å². The van der Waals surface area contributed by atoms with E-state index < -0.39 is 27.6 Å². The predicted octanol–water partition coefficient (Wildman–Crippen LogP) is 5.00. The number of hydrogen-bond donors (Lipinski definition) is 2. The molecule has 0 unspecified atom stereocenters. The number of nitrogens with zero attached hydrogens (tertiary/aromatic N) is 1. The van der Waals surface area contributed by atoms with E-state index in [0.717, 1.165) is 0 Å². The largest absolute Gasteiger partial charge is 0.485 e. The average molecular weight is 485 g/mol. The summed E-state index contributed by atoms with van der Waals surface area (Å²) in [6, 6.07) is 17.3. The lowest BCUT2D eigenvalue weighted by molar-refractivity contribution is -0.0534. The Bertz CT molecular complexity index is 1450. The maximum Gasteiger partial charge on any atom is 0.206 e. The molecule has 5 rings (SSSR count). The molecular formula is C24H21ClN2O5S. The maximum absolute atomic E-state index is 13.2. The van der Waals surface area contributed by atoms with Gasteiger partial charge >= 0.3 is 0 Å². The molecule has 0 fully saturated rings. The number of nitrogens with one attached hydrogen (secondary N) is 1. The standard InChI is InChI=1S/C24H21ClN2O5S/c1-24(2)22(28)21(26-23-17-10-8-14(25)12-20(17)32-27-23)18-13-16(9-11-19(18)31-24)33(29,30)15-6-4-3-5-7-15/h3-13,21-22,28H,1-2H3,(H,26,27)/t21-,22+/m1/s1. The van der Waals surface area contributed by atoms with Crippen molar-refractivity contribution in [2.45, 2.75) is 41.4 Å². The number of aromatic nitrogens is 1. The van der Waals surface area contributed by atoms with E-state index in [9.17, 15) is 13.5 Å². The first kappa shape index (κ1) is 21.8. The van der Waals surface area contributed by atoms with Crippen LogP contribution in [0.1, 0.15) is 25.5 Å². The third-order valence-corrected chi connectivity index (χ3v) is 7.81. The molecule has 1 aromatic heterocycles. The Kier molecular flexibility index (Phi) is 5.12. The van der Waals surface area contributed by atoms with E-state index in [1.54, 1.807) is 68.4 Å². The van der Waals surface area contributed by atoms with E-state index in [4.69, 9.17) is 20.9 Å². The fraction of sp³-hybridized carbons (Fsp3) is 0.208. The summed E-state index contributed by atoms with van der Waals surface area (Å²) >= 11 is 6.04. The topological polar surface area (TPSA) is 102 Å². The van der Waals surface area contributed by atoms with Gasteiger partial charge < -0.3 is 19.7 Å². The molecule has 2 N–H and O–H groups in total. The van der Waals surface area contributed by atoms with Gasteiger partial charge in [0.1, 0.15) is 17.5 Å². The average Bonchev–Trinajstić information content (AvgIpc) is 3.18. The van der Waals surface area contributed by atoms with Crippen LogP contribution in [0.25, 0.3) is 11.0 Å². The molecule has 170 valence electrons. The summed E-state index contributed by atoms with van der Waals surface area (Å²) in [6.07, 6.45) is -1.02. The van der Waals surface area contributed by atoms with Gasteiger partial charge in [0.15, 0.2) is 11.4 Å². The van der Waals surface area contributed by atoms with Gasteiger partial charge in [0.25, 0.3) is 0 Å². The van der Waals surface area contributed by atoms with Crippen molar-refractivity contribution in [1.82, 2.24) is 5.16 Å². The Morgan fingerprint density at radius 1 is 1.03 bits per heavy atom. The first-order valence-electron chi connectivity index (χ1n) is 10.3. The Labute approximate surface area is 195 Å². The second kappa shape index (κ2) is 7.76. The Morgan fingerprint density at radius 2 is 1.79 bits per heavy atom. The zero-order valence-electron chi connectivity index (χ0n) is 17.8. The van der Waals surface area contributed by atoms with Crippen molar-refractivity contribution in [2.24, 2.45) is 0 Å². The Morgan fingerprint density at radius 3 is 2.55 bits per heavy atom. The van der Waals surface area contributed by atoms with Gasteiger partial charge in [-0.25, -0.2) is 8.42 Å². The van der Waals surface area contributed by atoms with Crippen molar-refractivity contribution in [2.75, 3.05) is 5.32 Å². The molecule has 0 radical (unpaired) electrons. The lowest BCUT2D eigenvalue weighted by Gasteiger charge is -2.42. The van der Waals surface area contributed by atoms with Gasteiger partial charge in [0.2, 0.25) is 9.84 Å². The van der Waals surface area contributed by atoms with Gasteiger partial charge in [-0.3, -0.25) is 0 Å². The van der Waals surface area contributed by atoms with Crippen molar-refractivity contribution >= 4 is 38.2 Å². The Balaban J connectivity index is 1.61. The summed E-state index contributed by atoms with van der Waals surface area (Å²) in [6.45, 7) is 3.54. The highest BCUT2D eigenvalue weighted by molar-refractivity contribution is 7.91. The summed E-state index contributed by atoms with van der Waals surface area (Å²) in [5.41, 5.74) is 0.0586. The fourth-order valence-corrected chi connectivity index (χ4v) is 5.48. The van der Waals surface area contributed by atoms with Gasteiger partial charge in [0.05, 0.1) is 21.2 Å². The van der Waals surface area contributed by atoms with Crippen molar-refractivity contribution in [3.8, 4) is 5.75 Å². The zero-order valence-corrected chi connectivity index (χ0v) is 19.4. The normalized spacial score (nSPS) is 19.6. The summed E-state index contributed by atoms with van der Waals surface area (Å²) < 4.78 is 37.8. The lowest BCUT2D eigenvalue weighted by Crippen LogP contribution is -2.50. The van der Waals surface area contributed by atoms with Crippen LogP contribution in [0.2, 0.25) is 5.02 Å². The van der Waals surface area contributed by atoms with Crippen LogP contribution in [0.4, 0.5) is 5.82 Å². The van der Waals surface area contributed by atoms with Crippen LogP contribution >= 0.6 is 11.6 Å². The van der Waals surface area contributed by atoms with Gasteiger partial charge in [-0.15, -0.1) is 0 Å². The fourth-order valence-electron chi connectivity index (χ4n) is 4.00. The number of halogens is 1. The van der Waals surface area contributed by atoms with Crippen molar-refractivity contribution in [3.05, 3.63) is 77.3 Å². The highest BCUT2D eigenvalue weighted by atomic mass is 35.5. The molecular weight excluding hydrogens is 464 g/mol. The second-order valence-corrected chi connectivity index (χ2v) is 10.8. The van der Waals surface area contributed by atoms with Crippen LogP contribution in [0.5, 0.6) is 5.75 Å². The molecule has 0 aliphatic carbocycles. The highest BCUT2D eigenvalue weighted by Gasteiger charge is 2.44. The number of aliphatic hydroxyl groups is 1. The summed E-state index contributed by atoms with van der Waals surface area (Å²) in [5.74, 6) is 0.886. The first-order valence-corrected chi connectivity index (χ1v) is 12.2. The molecule has 2 heterocycles. The minimum Gasteiger partial charge on any atom is -0.485 e. The van der Waals surface area contributed by atoms with Gasteiger partial charge in [-0.1, -0.05) is 35.0 Å². The molecule has 2 atom stereocenters. The number of benzene rings is 3. The van der Waals surface area contributed by atoms with E-state index in [-0.39, 0.29) is 9.79 Å². The van der Waals surface area contributed by atoms with E-state index in [2.05, 4.69) is 10.5 Å². The summed E-state index contributed by atoms with van der Waals surface area (Å²) in [5, 5.41) is 19.7. The molecule has 0 amide bonds. The molecule has 1 aliphatic rings. The van der Waals surface area contributed by atoms with E-state index >= 15 is 0 Å². The quantitative estimate of drug-likeness (QED) is 0.420. The second-order valence-electron chi connectivity index (χ2n) is 8.46. The van der Waals surface area contributed by atoms with Crippen molar-refractivity contribution in [1.29, 1.82) is 0 Å². The minimum atomic E-state index is -3.76. The van der Waals surface area contributed by atoms with Crippen LogP contribution < -0.4 is 10.1 Å². The molecule has 3 aromatic carbocycles. The number of sulfone groups is 1. The third kappa shape index (κ3) is 3.74. The lowest BCUT2D eigenvalue weighted by atomic mass is 9.86. The number of aliphatic hydroxyl groups excluding tert-OH is 1. The summed E-state index contributed by atoms with van der Waals surface area (Å²) in [4.78, 5) is 0.290. The minimum absolute atomic E-state index is 0.103. The number of ether oxygens (including phenoxy) is 1. The smallest absolute Gasteiger partial charge is 0.206 e. The Hall–Kier alpha value is -3.07. The SMILES string of the molecule is CC1(C)Oc2ccc(S(=O)(=O)c3ccccc3)cc2[C@@H](Nc2noc3cc(Cl)ccc23)[C@@H]1O. The molecule has 7 nitrogen and oxygen atoms in total. The molecule has 0 bridgehead atoms. The van der Waals surface area contributed by atoms with E-state index in [1.165, 1.54) is 12.1 Å². The maximum atomic E-state index is 13.2.